The Bertz CT molecular complexity index is 951. The van der Waals surface area contributed by atoms with Gasteiger partial charge in [0, 0.05) is 40.8 Å². The second kappa shape index (κ2) is 9.05. The van der Waals surface area contributed by atoms with Crippen LogP contribution in [-0.2, 0) is 17.1 Å². The van der Waals surface area contributed by atoms with Crippen molar-refractivity contribution in [2.75, 3.05) is 13.1 Å². The number of aromatic nitrogens is 1. The van der Waals surface area contributed by atoms with Crippen molar-refractivity contribution in [1.82, 2.24) is 9.47 Å². The summed E-state index contributed by atoms with van der Waals surface area (Å²) in [5.74, 6) is 0.927. The average molecular weight is 421 g/mol. The first-order chi connectivity index (χ1) is 13.0. The molecule has 0 N–H and O–H groups in total. The number of para-hydroxylation sites is 1. The van der Waals surface area contributed by atoms with Crippen LogP contribution < -0.4 is 0 Å². The lowest BCUT2D eigenvalue weighted by atomic mass is 10.2. The molecule has 142 valence electrons. The SMILES string of the molecule is CCN(CC)C(=O)Cn1cc(SCc2ccc(Cl)c(Cl)c2)c2ccccc21. The highest BCUT2D eigenvalue weighted by molar-refractivity contribution is 7.98. The van der Waals surface area contributed by atoms with E-state index in [1.165, 1.54) is 0 Å². The summed E-state index contributed by atoms with van der Waals surface area (Å²) in [4.78, 5) is 15.6. The first-order valence-electron chi connectivity index (χ1n) is 8.95. The summed E-state index contributed by atoms with van der Waals surface area (Å²) < 4.78 is 2.05. The lowest BCUT2D eigenvalue weighted by Gasteiger charge is -2.19. The van der Waals surface area contributed by atoms with Gasteiger partial charge in [-0.25, -0.2) is 0 Å². The fraction of sp³-hybridized carbons (Fsp3) is 0.286. The van der Waals surface area contributed by atoms with Gasteiger partial charge >= 0.3 is 0 Å². The Morgan fingerprint density at radius 1 is 1.07 bits per heavy atom. The number of nitrogens with zero attached hydrogens (tertiary/aromatic N) is 2. The van der Waals surface area contributed by atoms with Gasteiger partial charge in [0.2, 0.25) is 5.91 Å². The molecule has 27 heavy (non-hydrogen) atoms. The number of benzene rings is 2. The van der Waals surface area contributed by atoms with Crippen LogP contribution in [0.4, 0.5) is 0 Å². The minimum atomic E-state index is 0.141. The van der Waals surface area contributed by atoms with Gasteiger partial charge in [-0.05, 0) is 37.6 Å². The summed E-state index contributed by atoms with van der Waals surface area (Å²) in [5.41, 5.74) is 2.19. The molecule has 3 aromatic rings. The van der Waals surface area contributed by atoms with E-state index in [1.807, 2.05) is 53.6 Å². The van der Waals surface area contributed by atoms with Crippen LogP contribution in [-0.4, -0.2) is 28.5 Å². The molecule has 0 radical (unpaired) electrons. The largest absolute Gasteiger partial charge is 0.342 e. The predicted octanol–water partition coefficient (Wildman–Crippen LogP) is 6.11. The molecule has 1 amide bonds. The van der Waals surface area contributed by atoms with Gasteiger partial charge in [-0.15, -0.1) is 11.8 Å². The molecule has 3 nitrogen and oxygen atoms in total. The second-order valence-electron chi connectivity index (χ2n) is 6.24. The zero-order chi connectivity index (χ0) is 19.4. The minimum absolute atomic E-state index is 0.141. The Morgan fingerprint density at radius 3 is 2.52 bits per heavy atom. The molecule has 1 aromatic heterocycles. The van der Waals surface area contributed by atoms with Crippen molar-refractivity contribution in [1.29, 1.82) is 0 Å². The molecule has 3 rings (SSSR count). The van der Waals surface area contributed by atoms with E-state index in [9.17, 15) is 4.79 Å². The molecule has 6 heteroatoms. The monoisotopic (exact) mass is 420 g/mol. The highest BCUT2D eigenvalue weighted by atomic mass is 35.5. The third-order valence-corrected chi connectivity index (χ3v) is 6.41. The molecule has 0 saturated heterocycles. The summed E-state index contributed by atoms with van der Waals surface area (Å²) >= 11 is 13.9. The van der Waals surface area contributed by atoms with E-state index in [0.29, 0.717) is 16.6 Å². The van der Waals surface area contributed by atoms with Crippen LogP contribution >= 0.6 is 35.0 Å². The highest BCUT2D eigenvalue weighted by Crippen LogP contribution is 2.33. The number of carbonyl (C=O) groups excluding carboxylic acids is 1. The number of rotatable bonds is 7. The number of amides is 1. The summed E-state index contributed by atoms with van der Waals surface area (Å²) in [7, 11) is 0. The molecule has 0 bridgehead atoms. The van der Waals surface area contributed by atoms with Crippen LogP contribution in [0.5, 0.6) is 0 Å². The summed E-state index contributed by atoms with van der Waals surface area (Å²) in [6.07, 6.45) is 2.08. The van der Waals surface area contributed by atoms with Gasteiger partial charge in [-0.1, -0.05) is 47.5 Å². The molecule has 0 aliphatic carbocycles. The molecule has 0 saturated carbocycles. The maximum atomic E-state index is 12.5. The van der Waals surface area contributed by atoms with E-state index in [0.717, 1.165) is 40.2 Å². The molecule has 0 unspecified atom stereocenters. The van der Waals surface area contributed by atoms with Crippen LogP contribution in [0.25, 0.3) is 10.9 Å². The van der Waals surface area contributed by atoms with Gasteiger partial charge in [0.1, 0.15) is 6.54 Å². The van der Waals surface area contributed by atoms with E-state index in [1.54, 1.807) is 11.8 Å². The fourth-order valence-corrected chi connectivity index (χ4v) is 4.42. The van der Waals surface area contributed by atoms with Crippen molar-refractivity contribution < 1.29 is 4.79 Å². The number of carbonyl (C=O) groups is 1. The van der Waals surface area contributed by atoms with Crippen molar-refractivity contribution in [2.45, 2.75) is 31.0 Å². The molecular formula is C21H22Cl2N2OS. The average Bonchev–Trinajstić information content (AvgIpc) is 3.01. The Kier molecular flexibility index (Phi) is 6.74. The minimum Gasteiger partial charge on any atom is -0.342 e. The van der Waals surface area contributed by atoms with E-state index in [-0.39, 0.29) is 5.91 Å². The van der Waals surface area contributed by atoms with Gasteiger partial charge < -0.3 is 9.47 Å². The van der Waals surface area contributed by atoms with Gasteiger partial charge in [0.25, 0.3) is 0 Å². The standard InChI is InChI=1S/C21H22Cl2N2OS/c1-3-24(4-2)21(26)13-25-12-20(16-7-5-6-8-19(16)25)27-14-15-9-10-17(22)18(23)11-15/h5-12H,3-4,13-14H2,1-2H3. The van der Waals surface area contributed by atoms with Crippen molar-refractivity contribution in [3.63, 3.8) is 0 Å². The smallest absolute Gasteiger partial charge is 0.242 e. The maximum absolute atomic E-state index is 12.5. The molecule has 0 spiro atoms. The zero-order valence-corrected chi connectivity index (χ0v) is 17.7. The summed E-state index contributed by atoms with van der Waals surface area (Å²) in [6, 6.07) is 13.9. The zero-order valence-electron chi connectivity index (χ0n) is 15.4. The van der Waals surface area contributed by atoms with Crippen molar-refractivity contribution in [3.05, 3.63) is 64.3 Å². The van der Waals surface area contributed by atoms with Crippen molar-refractivity contribution in [2.24, 2.45) is 0 Å². The van der Waals surface area contributed by atoms with Crippen LogP contribution in [0.3, 0.4) is 0 Å². The van der Waals surface area contributed by atoms with Gasteiger partial charge in [0.05, 0.1) is 10.0 Å². The summed E-state index contributed by atoms with van der Waals surface area (Å²) in [6.45, 7) is 5.83. The van der Waals surface area contributed by atoms with Crippen molar-refractivity contribution >= 4 is 51.8 Å². The predicted molar refractivity (Wildman–Crippen MR) is 116 cm³/mol. The fourth-order valence-electron chi connectivity index (χ4n) is 3.07. The topological polar surface area (TPSA) is 25.2 Å². The quantitative estimate of drug-likeness (QED) is 0.430. The Hall–Kier alpha value is -1.62. The Balaban J connectivity index is 1.83. The van der Waals surface area contributed by atoms with E-state index in [4.69, 9.17) is 23.2 Å². The van der Waals surface area contributed by atoms with Crippen molar-refractivity contribution in [3.8, 4) is 0 Å². The van der Waals surface area contributed by atoms with E-state index >= 15 is 0 Å². The van der Waals surface area contributed by atoms with Gasteiger partial charge in [0.15, 0.2) is 0 Å². The van der Waals surface area contributed by atoms with E-state index in [2.05, 4.69) is 18.3 Å². The van der Waals surface area contributed by atoms with Gasteiger partial charge in [-0.3, -0.25) is 4.79 Å². The van der Waals surface area contributed by atoms with Gasteiger partial charge in [-0.2, -0.15) is 0 Å². The number of thioether (sulfide) groups is 1. The number of hydrogen-bond acceptors (Lipinski definition) is 2. The number of hydrogen-bond donors (Lipinski definition) is 0. The first-order valence-corrected chi connectivity index (χ1v) is 10.7. The molecule has 0 aliphatic heterocycles. The molecule has 2 aromatic carbocycles. The number of likely N-dealkylation sites (N-methyl/N-ethyl adjacent to an activating group) is 1. The lowest BCUT2D eigenvalue weighted by Crippen LogP contribution is -2.33. The molecule has 0 fully saturated rings. The molecule has 0 aliphatic rings. The van der Waals surface area contributed by atoms with E-state index < -0.39 is 0 Å². The normalized spacial score (nSPS) is 11.1. The van der Waals surface area contributed by atoms with Crippen LogP contribution in [0, 0.1) is 0 Å². The molecule has 1 heterocycles. The highest BCUT2D eigenvalue weighted by Gasteiger charge is 2.14. The third-order valence-electron chi connectivity index (χ3n) is 4.55. The first kappa shape index (κ1) is 20.1. The van der Waals surface area contributed by atoms with Crippen LogP contribution in [0.2, 0.25) is 10.0 Å². The Labute approximate surface area is 174 Å². The Morgan fingerprint density at radius 2 is 1.81 bits per heavy atom. The maximum Gasteiger partial charge on any atom is 0.242 e. The second-order valence-corrected chi connectivity index (χ2v) is 8.07. The lowest BCUT2D eigenvalue weighted by molar-refractivity contribution is -0.131. The third kappa shape index (κ3) is 4.63. The van der Waals surface area contributed by atoms with Crippen LogP contribution in [0.1, 0.15) is 19.4 Å². The summed E-state index contributed by atoms with van der Waals surface area (Å²) in [5, 5.41) is 2.30. The molecular weight excluding hydrogens is 399 g/mol. The number of fused-ring (bicyclic) bond motifs is 1. The van der Waals surface area contributed by atoms with Crippen LogP contribution in [0.15, 0.2) is 53.6 Å². The number of halogens is 2. The molecule has 0 atom stereocenters.